The molecule has 0 unspecified atom stereocenters. The monoisotopic (exact) mass is 455 g/mol. The number of benzene rings is 2. The molecule has 2 aliphatic carbocycles. The first kappa shape index (κ1) is 25.3. The predicted molar refractivity (Wildman–Crippen MR) is 129 cm³/mol. The van der Waals surface area contributed by atoms with Crippen molar-refractivity contribution < 1.29 is 14.0 Å². The Bertz CT molecular complexity index is 1010. The fourth-order valence-corrected chi connectivity index (χ4v) is 2.58. The third-order valence-electron chi connectivity index (χ3n) is 4.64. The molecule has 2 aliphatic rings. The minimum absolute atomic E-state index is 0.121. The number of H-pyrrole nitrogens is 1. The van der Waals surface area contributed by atoms with Crippen molar-refractivity contribution in [3.8, 4) is 23.1 Å². The van der Waals surface area contributed by atoms with E-state index in [4.69, 9.17) is 15.5 Å². The van der Waals surface area contributed by atoms with Crippen molar-refractivity contribution in [3.63, 3.8) is 0 Å². The van der Waals surface area contributed by atoms with Crippen LogP contribution in [0.5, 0.6) is 5.75 Å². The molecule has 170 valence electrons. The number of anilines is 1. The molecule has 3 aromatic rings. The molecule has 0 aliphatic heterocycles. The molecular weight excluding hydrogens is 425 g/mol. The molecule has 1 heterocycles. The summed E-state index contributed by atoms with van der Waals surface area (Å²) in [5.74, 6) is 0.962. The Balaban J connectivity index is 0.000000176. The first-order valence-corrected chi connectivity index (χ1v) is 11.4. The van der Waals surface area contributed by atoms with Crippen molar-refractivity contribution >= 4 is 17.7 Å². The van der Waals surface area contributed by atoms with Gasteiger partial charge in [0.25, 0.3) is 0 Å². The van der Waals surface area contributed by atoms with E-state index in [1.54, 1.807) is 6.20 Å². The second-order valence-electron chi connectivity index (χ2n) is 7.84. The summed E-state index contributed by atoms with van der Waals surface area (Å²) in [6.07, 6.45) is 9.27. The van der Waals surface area contributed by atoms with Crippen LogP contribution >= 0.6 is 12.0 Å². The van der Waals surface area contributed by atoms with Crippen LogP contribution < -0.4 is 10.7 Å². The van der Waals surface area contributed by atoms with Crippen LogP contribution in [-0.2, 0) is 0 Å². The lowest BCUT2D eigenvalue weighted by atomic mass is 10.1. The fraction of sp³-hybridized carbons (Fsp3) is 0.320. The average molecular weight is 456 g/mol. The number of aromatic nitrogens is 1. The second kappa shape index (κ2) is 13.5. The Morgan fingerprint density at radius 2 is 1.81 bits per heavy atom. The number of hydrogen-bond acceptors (Lipinski definition) is 5. The van der Waals surface area contributed by atoms with Gasteiger partial charge in [0.1, 0.15) is 0 Å². The standard InChI is InChI=1S/C11H11NOS.C7H5FN2O.C4H8.C3H6/c1-8-4-2-3-5-10(8)11-6-9(14-13)7-12-11;8-11-7-3-5(4-9)1-2-6(7)10;1-4-2-3-4;1-2-3-1/h2-7,12-13H,1H3;1-3H,10H2;4H,2-3H2,1H3;1-3H2. The highest BCUT2D eigenvalue weighted by molar-refractivity contribution is 7.93. The van der Waals surface area contributed by atoms with E-state index in [1.807, 2.05) is 24.3 Å². The summed E-state index contributed by atoms with van der Waals surface area (Å²) in [4.78, 5) is 7.38. The number of halogens is 1. The predicted octanol–water partition coefficient (Wildman–Crippen LogP) is 7.55. The Morgan fingerprint density at radius 3 is 2.28 bits per heavy atom. The molecule has 0 amide bonds. The maximum absolute atomic E-state index is 11.6. The molecule has 5 nitrogen and oxygen atoms in total. The van der Waals surface area contributed by atoms with Crippen molar-refractivity contribution in [1.82, 2.24) is 4.98 Å². The molecule has 1 aromatic heterocycles. The molecule has 2 aromatic carbocycles. The number of aryl methyl sites for hydroxylation is 1. The van der Waals surface area contributed by atoms with E-state index >= 15 is 0 Å². The molecule has 2 fully saturated rings. The average Bonchev–Trinajstić information content (AvgIpc) is 3.76. The zero-order valence-corrected chi connectivity index (χ0v) is 19.3. The van der Waals surface area contributed by atoms with Crippen LogP contribution in [0, 0.1) is 24.2 Å². The maximum Gasteiger partial charge on any atom is 0.196 e. The highest BCUT2D eigenvalue weighted by Crippen LogP contribution is 2.27. The van der Waals surface area contributed by atoms with Gasteiger partial charge < -0.3 is 15.3 Å². The molecule has 7 heteroatoms. The molecule has 5 rings (SSSR count). The van der Waals surface area contributed by atoms with Crippen LogP contribution in [0.4, 0.5) is 10.2 Å². The molecule has 0 bridgehead atoms. The summed E-state index contributed by atoms with van der Waals surface area (Å²) < 4.78 is 20.5. The van der Waals surface area contributed by atoms with E-state index < -0.39 is 0 Å². The zero-order valence-electron chi connectivity index (χ0n) is 18.5. The molecule has 0 atom stereocenters. The third-order valence-corrected chi connectivity index (χ3v) is 5.09. The number of rotatable bonds is 3. The van der Waals surface area contributed by atoms with Gasteiger partial charge in [-0.2, -0.15) is 5.26 Å². The number of nitrogens with zero attached hydrogens (tertiary/aromatic N) is 1. The summed E-state index contributed by atoms with van der Waals surface area (Å²) in [5, 5.41) is 8.38. The van der Waals surface area contributed by atoms with E-state index in [-0.39, 0.29) is 11.4 Å². The van der Waals surface area contributed by atoms with Gasteiger partial charge in [-0.15, -0.1) is 0 Å². The van der Waals surface area contributed by atoms with Crippen LogP contribution in [0.2, 0.25) is 0 Å². The van der Waals surface area contributed by atoms with Gasteiger partial charge in [0.2, 0.25) is 0 Å². The number of nitrogens with one attached hydrogen (secondary N) is 1. The van der Waals surface area contributed by atoms with Crippen LogP contribution in [0.1, 0.15) is 50.2 Å². The van der Waals surface area contributed by atoms with Crippen molar-refractivity contribution in [2.75, 3.05) is 5.73 Å². The lowest BCUT2D eigenvalue weighted by Gasteiger charge is -2.01. The molecule has 0 spiro atoms. The molecule has 4 N–H and O–H groups in total. The van der Waals surface area contributed by atoms with Gasteiger partial charge in [-0.1, -0.05) is 63.3 Å². The molecule has 0 radical (unpaired) electrons. The van der Waals surface area contributed by atoms with Crippen LogP contribution in [0.3, 0.4) is 0 Å². The summed E-state index contributed by atoms with van der Waals surface area (Å²) in [6, 6.07) is 16.0. The van der Waals surface area contributed by atoms with Crippen molar-refractivity contribution in [2.24, 2.45) is 5.92 Å². The smallest absolute Gasteiger partial charge is 0.196 e. The number of nitrogens with two attached hydrogens (primary N) is 1. The van der Waals surface area contributed by atoms with E-state index in [0.717, 1.165) is 28.6 Å². The van der Waals surface area contributed by atoms with Crippen molar-refractivity contribution in [2.45, 2.75) is 50.8 Å². The van der Waals surface area contributed by atoms with Gasteiger partial charge in [0, 0.05) is 40.1 Å². The Labute approximate surface area is 193 Å². The van der Waals surface area contributed by atoms with E-state index in [2.05, 4.69) is 35.9 Å². The van der Waals surface area contributed by atoms with Crippen molar-refractivity contribution in [3.05, 3.63) is 65.9 Å². The van der Waals surface area contributed by atoms with Gasteiger partial charge in [0.15, 0.2) is 5.75 Å². The summed E-state index contributed by atoms with van der Waals surface area (Å²) in [7, 11) is 0. The Hall–Kier alpha value is -2.95. The SMILES string of the molecule is C1CC1.CC1CC1.Cc1ccccc1-c1cc(SO)c[nH]1.N#Cc1ccc(N)c(OF)c1. The Morgan fingerprint density at radius 1 is 1.16 bits per heavy atom. The molecule has 2 saturated carbocycles. The van der Waals surface area contributed by atoms with Gasteiger partial charge in [-0.3, -0.25) is 4.94 Å². The molecular formula is C25H30FN3O2S. The summed E-state index contributed by atoms with van der Waals surface area (Å²) in [6.45, 7) is 4.35. The normalized spacial score (nSPS) is 13.1. The summed E-state index contributed by atoms with van der Waals surface area (Å²) >= 11 is 0.759. The number of nitriles is 1. The number of nitrogen functional groups attached to an aromatic ring is 1. The third kappa shape index (κ3) is 9.46. The van der Waals surface area contributed by atoms with Crippen LogP contribution in [0.15, 0.2) is 59.6 Å². The Kier molecular flexibility index (Phi) is 10.6. The lowest BCUT2D eigenvalue weighted by Crippen LogP contribution is -1.89. The van der Waals surface area contributed by atoms with E-state index in [1.165, 1.54) is 61.4 Å². The first-order chi connectivity index (χ1) is 15.5. The van der Waals surface area contributed by atoms with Gasteiger partial charge in [0.05, 0.1) is 22.2 Å². The van der Waals surface area contributed by atoms with Gasteiger partial charge in [-0.05, 0) is 36.6 Å². The van der Waals surface area contributed by atoms with Gasteiger partial charge >= 0.3 is 0 Å². The quantitative estimate of drug-likeness (QED) is 0.280. The first-order valence-electron chi connectivity index (χ1n) is 10.6. The number of aromatic amines is 1. The lowest BCUT2D eigenvalue weighted by molar-refractivity contribution is -0.00524. The minimum atomic E-state index is -0.121. The van der Waals surface area contributed by atoms with Gasteiger partial charge in [-0.25, -0.2) is 0 Å². The highest BCUT2D eigenvalue weighted by atomic mass is 32.2. The molecule has 32 heavy (non-hydrogen) atoms. The largest absolute Gasteiger partial charge is 0.396 e. The fourth-order valence-electron chi connectivity index (χ4n) is 2.30. The minimum Gasteiger partial charge on any atom is -0.396 e. The highest BCUT2D eigenvalue weighted by Gasteiger charge is 2.12. The topological polar surface area (TPSA) is 95.1 Å². The van der Waals surface area contributed by atoms with Crippen molar-refractivity contribution in [1.29, 1.82) is 5.26 Å². The molecule has 0 saturated heterocycles. The van der Waals surface area contributed by atoms with E-state index in [9.17, 15) is 4.53 Å². The van der Waals surface area contributed by atoms with E-state index in [0.29, 0.717) is 5.56 Å². The zero-order chi connectivity index (χ0) is 23.3. The summed E-state index contributed by atoms with van der Waals surface area (Å²) in [5.41, 5.74) is 9.21. The second-order valence-corrected chi connectivity index (χ2v) is 8.49. The van der Waals surface area contributed by atoms with Crippen LogP contribution in [-0.4, -0.2) is 9.54 Å². The maximum atomic E-state index is 11.6. The number of hydrogen-bond donors (Lipinski definition) is 3. The van der Waals surface area contributed by atoms with Crippen LogP contribution in [0.25, 0.3) is 11.3 Å².